The molecule has 3 aliphatic rings. The van der Waals surface area contributed by atoms with Gasteiger partial charge in [-0.25, -0.2) is 27.6 Å². The van der Waals surface area contributed by atoms with Gasteiger partial charge >= 0.3 is 35.0 Å². The predicted molar refractivity (Wildman–Crippen MR) is 202 cm³/mol. The van der Waals surface area contributed by atoms with Crippen LogP contribution in [0.4, 0.5) is 30.6 Å². The first-order valence-corrected chi connectivity index (χ1v) is 18.3. The standard InChI is InChI=1S/C12H16FN3O4.C10H16O5.C9H12FN3O4.C4H4FN3O/c1-5-6(2)19-11(9(5)20-7(3)17)16-4-8(13)10(14)15-12(16)18;1-5-6(2)13-10(15-8(4)12)9(5)14-7(3)11;1-3-5(14)6(15)8(17-3)13-2-4(10)7(11)12-9(13)16;5-2-1-7-4(9)8-3(2)6/h4-6,9,11H,1-3H3,(H2,14,15,18);5-6,9-10H,1-4H3;2-3,5-6,8,14-15H,1H3,(H2,11,12,16);1H,(H3,6,7,8,9)/t5-,6-,9-,11-;5-,6-,9-,10+;3-,5-,6-,8-;/m111./s1. The van der Waals surface area contributed by atoms with Crippen molar-refractivity contribution in [3.8, 4) is 0 Å². The van der Waals surface area contributed by atoms with E-state index >= 15 is 0 Å². The largest absolute Gasteiger partial charge is 0.457 e. The third kappa shape index (κ3) is 12.8. The number of esters is 3. The Kier molecular flexibility index (Phi) is 17.0. The molecule has 0 aromatic carbocycles. The van der Waals surface area contributed by atoms with Crippen LogP contribution in [0.1, 0.15) is 67.8 Å². The zero-order valence-corrected chi connectivity index (χ0v) is 34.1. The number of hydrogen-bond acceptors (Lipinski definition) is 20. The van der Waals surface area contributed by atoms with Gasteiger partial charge in [-0.15, -0.1) is 0 Å². The first kappa shape index (κ1) is 49.4. The van der Waals surface area contributed by atoms with Gasteiger partial charge in [0.2, 0.25) is 6.29 Å². The fraction of sp³-hybridized carbons (Fsp3) is 0.571. The van der Waals surface area contributed by atoms with Crippen molar-refractivity contribution in [1.82, 2.24) is 29.1 Å². The maximum Gasteiger partial charge on any atom is 0.351 e. The quantitative estimate of drug-likeness (QED) is 0.138. The summed E-state index contributed by atoms with van der Waals surface area (Å²) in [5.74, 6) is -5.20. The molecule has 3 aromatic rings. The van der Waals surface area contributed by atoms with E-state index in [1.165, 1.54) is 27.7 Å². The highest BCUT2D eigenvalue weighted by Crippen LogP contribution is 2.35. The molecule has 338 valence electrons. The smallest absolute Gasteiger partial charge is 0.351 e. The zero-order valence-electron chi connectivity index (χ0n) is 34.1. The highest BCUT2D eigenvalue weighted by molar-refractivity contribution is 5.67. The summed E-state index contributed by atoms with van der Waals surface area (Å²) in [5, 5.41) is 19.1. The molecule has 3 aliphatic heterocycles. The van der Waals surface area contributed by atoms with Gasteiger partial charge in [-0.05, 0) is 20.8 Å². The fourth-order valence-corrected chi connectivity index (χ4v) is 5.80. The maximum atomic E-state index is 13.5. The normalized spacial score (nSPS) is 28.8. The summed E-state index contributed by atoms with van der Waals surface area (Å²) in [7, 11) is 0. The van der Waals surface area contributed by atoms with Gasteiger partial charge in [0, 0.05) is 32.6 Å². The number of nitrogen functional groups attached to an aromatic ring is 3. The van der Waals surface area contributed by atoms with Gasteiger partial charge in [0.05, 0.1) is 36.9 Å². The van der Waals surface area contributed by atoms with Gasteiger partial charge in [-0.3, -0.25) is 28.5 Å². The van der Waals surface area contributed by atoms with E-state index in [2.05, 4.69) is 15.0 Å². The Balaban J connectivity index is 0.000000224. The third-order valence-corrected chi connectivity index (χ3v) is 9.34. The minimum atomic E-state index is -1.33. The molecule has 6 heterocycles. The fourth-order valence-electron chi connectivity index (χ4n) is 5.80. The summed E-state index contributed by atoms with van der Waals surface area (Å²) in [6.07, 6.45) is -5.08. The molecule has 23 nitrogen and oxygen atoms in total. The van der Waals surface area contributed by atoms with Crippen LogP contribution in [0.2, 0.25) is 0 Å². The lowest BCUT2D eigenvalue weighted by molar-refractivity contribution is -0.193. The monoisotopic (exact) mass is 875 g/mol. The van der Waals surface area contributed by atoms with Crippen LogP contribution in [0.25, 0.3) is 0 Å². The van der Waals surface area contributed by atoms with Crippen molar-refractivity contribution in [2.45, 2.75) is 117 Å². The van der Waals surface area contributed by atoms with Crippen LogP contribution in [0.15, 0.2) is 33.0 Å². The van der Waals surface area contributed by atoms with Gasteiger partial charge in [-0.1, -0.05) is 13.8 Å². The Morgan fingerprint density at radius 1 is 0.672 bits per heavy atom. The number of halogens is 3. The molecule has 6 rings (SSSR count). The highest BCUT2D eigenvalue weighted by atomic mass is 19.1. The number of aromatic amines is 1. The van der Waals surface area contributed by atoms with Crippen molar-refractivity contribution >= 4 is 35.4 Å². The first-order chi connectivity index (χ1) is 28.3. The third-order valence-electron chi connectivity index (χ3n) is 9.34. The molecule has 0 amide bonds. The molecular formula is C35H48F3N9O14. The number of ether oxygens (including phenoxy) is 6. The lowest BCUT2D eigenvalue weighted by Crippen LogP contribution is -2.36. The van der Waals surface area contributed by atoms with Crippen LogP contribution < -0.4 is 34.3 Å². The first-order valence-electron chi connectivity index (χ1n) is 18.3. The molecule has 0 radical (unpaired) electrons. The molecule has 0 unspecified atom stereocenters. The van der Waals surface area contributed by atoms with E-state index in [9.17, 15) is 52.2 Å². The molecule has 3 saturated heterocycles. The second-order valence-corrected chi connectivity index (χ2v) is 13.9. The minimum Gasteiger partial charge on any atom is -0.457 e. The number of aliphatic hydroxyl groups is 2. The molecular weight excluding hydrogens is 827 g/mol. The molecule has 0 spiro atoms. The van der Waals surface area contributed by atoms with E-state index in [1.54, 1.807) is 6.92 Å². The molecule has 3 fully saturated rings. The van der Waals surface area contributed by atoms with Crippen LogP contribution in [0, 0.1) is 29.3 Å². The number of carbonyl (C=O) groups is 3. The summed E-state index contributed by atoms with van der Waals surface area (Å²) < 4.78 is 71.8. The van der Waals surface area contributed by atoms with E-state index < -0.39 is 113 Å². The topological polar surface area (TPSA) is 341 Å². The number of rotatable bonds is 5. The number of nitrogens with two attached hydrogens (primary N) is 3. The number of aromatic nitrogens is 6. The van der Waals surface area contributed by atoms with Gasteiger partial charge in [-0.2, -0.15) is 15.0 Å². The van der Waals surface area contributed by atoms with Crippen molar-refractivity contribution in [1.29, 1.82) is 0 Å². The Bertz CT molecular complexity index is 2210. The highest BCUT2D eigenvalue weighted by Gasteiger charge is 2.45. The van der Waals surface area contributed by atoms with Crippen molar-refractivity contribution in [2.24, 2.45) is 11.8 Å². The second-order valence-electron chi connectivity index (χ2n) is 13.9. The van der Waals surface area contributed by atoms with Gasteiger partial charge < -0.3 is 55.8 Å². The van der Waals surface area contributed by atoms with Gasteiger partial charge in [0.25, 0.3) is 0 Å². The van der Waals surface area contributed by atoms with Gasteiger partial charge in [0.1, 0.15) is 18.0 Å². The van der Waals surface area contributed by atoms with Crippen LogP contribution in [-0.4, -0.2) is 106 Å². The van der Waals surface area contributed by atoms with E-state index in [1.807, 2.05) is 25.8 Å². The summed E-state index contributed by atoms with van der Waals surface area (Å²) in [5.41, 5.74) is 13.1. The molecule has 0 aliphatic carbocycles. The summed E-state index contributed by atoms with van der Waals surface area (Å²) in [6, 6.07) is 0. The lowest BCUT2D eigenvalue weighted by atomic mass is 10.0. The van der Waals surface area contributed by atoms with E-state index in [0.717, 1.165) is 27.7 Å². The molecule has 0 saturated carbocycles. The number of nitrogens with zero attached hydrogens (tertiary/aromatic N) is 5. The summed E-state index contributed by atoms with van der Waals surface area (Å²) in [4.78, 5) is 78.0. The molecule has 26 heteroatoms. The molecule has 9 N–H and O–H groups in total. The molecule has 61 heavy (non-hydrogen) atoms. The van der Waals surface area contributed by atoms with Crippen LogP contribution in [0.5, 0.6) is 0 Å². The number of hydrogen-bond donors (Lipinski definition) is 6. The second kappa shape index (κ2) is 21.0. The number of H-pyrrole nitrogens is 1. The average Bonchev–Trinajstić information content (AvgIpc) is 3.69. The maximum absolute atomic E-state index is 13.5. The molecule has 3 aromatic heterocycles. The van der Waals surface area contributed by atoms with E-state index in [-0.39, 0.29) is 29.9 Å². The number of aliphatic hydroxyl groups excluding tert-OH is 2. The van der Waals surface area contributed by atoms with E-state index in [0.29, 0.717) is 0 Å². The van der Waals surface area contributed by atoms with Crippen molar-refractivity contribution in [3.05, 3.63) is 67.5 Å². The average molecular weight is 876 g/mol. The predicted octanol–water partition coefficient (Wildman–Crippen LogP) is -0.593. The van der Waals surface area contributed by atoms with Crippen molar-refractivity contribution in [2.75, 3.05) is 17.2 Å². The molecule has 0 bridgehead atoms. The number of carbonyl (C=O) groups excluding carboxylic acids is 3. The lowest BCUT2D eigenvalue weighted by Gasteiger charge is -2.22. The van der Waals surface area contributed by atoms with Gasteiger partial charge in [0.15, 0.2) is 53.8 Å². The summed E-state index contributed by atoms with van der Waals surface area (Å²) in [6.45, 7) is 12.8. The van der Waals surface area contributed by atoms with Crippen LogP contribution in [-0.2, 0) is 42.8 Å². The number of nitrogens with one attached hydrogen (secondary N) is 1. The number of anilines is 3. The van der Waals surface area contributed by atoms with Crippen LogP contribution in [0.3, 0.4) is 0 Å². The minimum absolute atomic E-state index is 0.0123. The zero-order chi connectivity index (χ0) is 46.2. The van der Waals surface area contributed by atoms with Crippen molar-refractivity contribution in [3.63, 3.8) is 0 Å². The van der Waals surface area contributed by atoms with E-state index in [4.69, 9.17) is 45.6 Å². The van der Waals surface area contributed by atoms with Crippen molar-refractivity contribution < 1.29 is 66.2 Å². The summed E-state index contributed by atoms with van der Waals surface area (Å²) >= 11 is 0. The Labute approximate surface area is 343 Å². The Hall–Kier alpha value is -5.96. The molecule has 12 atom stereocenters. The SMILES string of the molecule is CC(=O)O[C@@H]1O[C@H](C)[C@@H](C)[C@H]1OC(C)=O.CC(=O)O[C@@H]1[C@H](C)[C@@H](C)O[C@H]1n1cc(F)c(N)nc1=O.C[C@H]1O[C@@H](n2cc(F)c(N)nc2=O)[C@H](O)[C@@H]1O.Nc1[nH]c(=O)ncc1F. The Morgan fingerprint density at radius 2 is 1.11 bits per heavy atom. The Morgan fingerprint density at radius 3 is 1.56 bits per heavy atom. The van der Waals surface area contributed by atoms with Crippen LogP contribution >= 0.6 is 0 Å².